The molecule has 1 aliphatic heterocycles. The van der Waals surface area contributed by atoms with Crippen molar-refractivity contribution in [3.05, 3.63) is 47.3 Å². The Morgan fingerprint density at radius 2 is 2.09 bits per heavy atom. The van der Waals surface area contributed by atoms with E-state index in [0.717, 1.165) is 42.0 Å². The summed E-state index contributed by atoms with van der Waals surface area (Å²) in [5.41, 5.74) is 12.3. The molecule has 2 aromatic heterocycles. The summed E-state index contributed by atoms with van der Waals surface area (Å²) in [6, 6.07) is 10.2. The van der Waals surface area contributed by atoms with Crippen LogP contribution in [0.2, 0.25) is 0 Å². The van der Waals surface area contributed by atoms with Crippen molar-refractivity contribution < 1.29 is 0 Å². The van der Waals surface area contributed by atoms with Crippen molar-refractivity contribution in [2.75, 3.05) is 17.6 Å². The Balaban J connectivity index is 1.87. The molecule has 23 heavy (non-hydrogen) atoms. The molecule has 0 spiro atoms. The van der Waals surface area contributed by atoms with Crippen LogP contribution in [0.3, 0.4) is 0 Å². The third kappa shape index (κ3) is 2.44. The van der Waals surface area contributed by atoms with Crippen molar-refractivity contribution in [2.45, 2.75) is 19.8 Å². The Bertz CT molecular complexity index is 907. The first kappa shape index (κ1) is 13.8. The van der Waals surface area contributed by atoms with E-state index in [2.05, 4.69) is 45.4 Å². The van der Waals surface area contributed by atoms with E-state index in [1.54, 1.807) is 0 Å². The van der Waals surface area contributed by atoms with E-state index >= 15 is 0 Å². The van der Waals surface area contributed by atoms with Crippen LogP contribution in [-0.2, 0) is 6.42 Å². The monoisotopic (exact) mass is 305 g/mol. The number of aromatic nitrogens is 3. The SMILES string of the molecule is CCCc1nc2nc(N)cc(C3=Cc4ccccc4NC3)c2[nH]1. The summed E-state index contributed by atoms with van der Waals surface area (Å²) < 4.78 is 0. The van der Waals surface area contributed by atoms with Gasteiger partial charge in [-0.2, -0.15) is 0 Å². The molecule has 0 bridgehead atoms. The summed E-state index contributed by atoms with van der Waals surface area (Å²) in [6.45, 7) is 2.90. The number of hydrogen-bond acceptors (Lipinski definition) is 4. The molecule has 3 heterocycles. The van der Waals surface area contributed by atoms with Crippen LogP contribution >= 0.6 is 0 Å². The molecule has 5 heteroatoms. The molecule has 0 saturated heterocycles. The summed E-state index contributed by atoms with van der Waals surface area (Å²) in [6.07, 6.45) is 4.17. The third-order valence-electron chi connectivity index (χ3n) is 4.12. The zero-order chi connectivity index (χ0) is 15.8. The van der Waals surface area contributed by atoms with E-state index in [1.807, 2.05) is 18.2 Å². The van der Waals surface area contributed by atoms with E-state index < -0.39 is 0 Å². The van der Waals surface area contributed by atoms with Crippen LogP contribution in [0.25, 0.3) is 22.8 Å². The number of nitrogens with one attached hydrogen (secondary N) is 2. The number of nitrogen functional groups attached to an aromatic ring is 1. The Hall–Kier alpha value is -2.82. The number of anilines is 2. The number of nitrogens with zero attached hydrogens (tertiary/aromatic N) is 2. The van der Waals surface area contributed by atoms with E-state index in [0.29, 0.717) is 11.5 Å². The lowest BCUT2D eigenvalue weighted by molar-refractivity contribution is 0.860. The molecular weight excluding hydrogens is 286 g/mol. The fraction of sp³-hybridized carbons (Fsp3) is 0.222. The van der Waals surface area contributed by atoms with Gasteiger partial charge < -0.3 is 16.0 Å². The highest BCUT2D eigenvalue weighted by Crippen LogP contribution is 2.31. The number of hydrogen-bond donors (Lipinski definition) is 3. The van der Waals surface area contributed by atoms with Gasteiger partial charge in [-0.15, -0.1) is 0 Å². The van der Waals surface area contributed by atoms with E-state index in [-0.39, 0.29) is 0 Å². The topological polar surface area (TPSA) is 79.6 Å². The van der Waals surface area contributed by atoms with Gasteiger partial charge in [-0.05, 0) is 35.8 Å². The lowest BCUT2D eigenvalue weighted by Crippen LogP contribution is -2.10. The summed E-state index contributed by atoms with van der Waals surface area (Å²) in [7, 11) is 0. The molecule has 1 aliphatic rings. The van der Waals surface area contributed by atoms with Gasteiger partial charge in [0, 0.05) is 24.2 Å². The Morgan fingerprint density at radius 3 is 2.96 bits per heavy atom. The van der Waals surface area contributed by atoms with Crippen LogP contribution in [0.15, 0.2) is 30.3 Å². The van der Waals surface area contributed by atoms with Crippen LogP contribution in [0.5, 0.6) is 0 Å². The van der Waals surface area contributed by atoms with Gasteiger partial charge in [-0.25, -0.2) is 9.97 Å². The second-order valence-electron chi connectivity index (χ2n) is 5.84. The number of aryl methyl sites for hydroxylation is 1. The summed E-state index contributed by atoms with van der Waals surface area (Å²) in [4.78, 5) is 12.4. The molecule has 4 rings (SSSR count). The highest BCUT2D eigenvalue weighted by molar-refractivity contribution is 5.98. The number of fused-ring (bicyclic) bond motifs is 2. The van der Waals surface area contributed by atoms with Crippen molar-refractivity contribution in [3.63, 3.8) is 0 Å². The first-order valence-electron chi connectivity index (χ1n) is 7.93. The van der Waals surface area contributed by atoms with Crippen LogP contribution in [0.4, 0.5) is 11.5 Å². The second-order valence-corrected chi connectivity index (χ2v) is 5.84. The third-order valence-corrected chi connectivity index (χ3v) is 4.12. The number of nitrogens with two attached hydrogens (primary N) is 1. The maximum absolute atomic E-state index is 6.00. The first-order chi connectivity index (χ1) is 11.2. The zero-order valence-corrected chi connectivity index (χ0v) is 13.1. The van der Waals surface area contributed by atoms with Crippen molar-refractivity contribution in [1.82, 2.24) is 15.0 Å². The number of pyridine rings is 1. The smallest absolute Gasteiger partial charge is 0.180 e. The average molecular weight is 305 g/mol. The summed E-state index contributed by atoms with van der Waals surface area (Å²) >= 11 is 0. The molecule has 3 aromatic rings. The maximum Gasteiger partial charge on any atom is 0.180 e. The molecule has 116 valence electrons. The van der Waals surface area contributed by atoms with Gasteiger partial charge in [0.1, 0.15) is 11.6 Å². The zero-order valence-electron chi connectivity index (χ0n) is 13.1. The average Bonchev–Trinajstić information content (AvgIpc) is 2.96. The van der Waals surface area contributed by atoms with Crippen LogP contribution in [0.1, 0.15) is 30.3 Å². The summed E-state index contributed by atoms with van der Waals surface area (Å²) in [5, 5.41) is 3.46. The van der Waals surface area contributed by atoms with Gasteiger partial charge in [0.2, 0.25) is 0 Å². The fourth-order valence-corrected chi connectivity index (χ4v) is 3.05. The van der Waals surface area contributed by atoms with Crippen LogP contribution in [-0.4, -0.2) is 21.5 Å². The Kier molecular flexibility index (Phi) is 3.26. The molecular formula is C18H19N5. The van der Waals surface area contributed by atoms with Gasteiger partial charge in [0.15, 0.2) is 5.65 Å². The molecule has 0 unspecified atom stereocenters. The molecule has 4 N–H and O–H groups in total. The number of imidazole rings is 1. The number of benzene rings is 1. The maximum atomic E-state index is 6.00. The second kappa shape index (κ2) is 5.43. The fourth-order valence-electron chi connectivity index (χ4n) is 3.05. The van der Waals surface area contributed by atoms with Gasteiger partial charge in [0.25, 0.3) is 0 Å². The van der Waals surface area contributed by atoms with E-state index in [1.165, 1.54) is 11.1 Å². The Labute approximate surface area is 134 Å². The largest absolute Gasteiger partial charge is 0.384 e. The van der Waals surface area contributed by atoms with Gasteiger partial charge in [-0.1, -0.05) is 25.1 Å². The predicted octanol–water partition coefficient (Wildman–Crippen LogP) is 3.46. The van der Waals surface area contributed by atoms with Crippen LogP contribution < -0.4 is 11.1 Å². The molecule has 0 amide bonds. The molecule has 0 radical (unpaired) electrons. The highest BCUT2D eigenvalue weighted by Gasteiger charge is 2.16. The quantitative estimate of drug-likeness (QED) is 0.692. The molecule has 1 aromatic carbocycles. The minimum Gasteiger partial charge on any atom is -0.384 e. The number of para-hydroxylation sites is 1. The highest BCUT2D eigenvalue weighted by atomic mass is 15.0. The van der Waals surface area contributed by atoms with Gasteiger partial charge in [0.05, 0.1) is 5.52 Å². The molecule has 0 fully saturated rings. The molecule has 0 saturated carbocycles. The lowest BCUT2D eigenvalue weighted by Gasteiger charge is -2.19. The number of rotatable bonds is 3. The molecule has 5 nitrogen and oxygen atoms in total. The Morgan fingerprint density at radius 1 is 1.22 bits per heavy atom. The number of H-pyrrole nitrogens is 1. The molecule has 0 atom stereocenters. The lowest BCUT2D eigenvalue weighted by atomic mass is 9.98. The van der Waals surface area contributed by atoms with Gasteiger partial charge in [-0.3, -0.25) is 0 Å². The van der Waals surface area contributed by atoms with Crippen molar-refractivity contribution in [3.8, 4) is 0 Å². The summed E-state index contributed by atoms with van der Waals surface area (Å²) in [5.74, 6) is 1.47. The van der Waals surface area contributed by atoms with E-state index in [4.69, 9.17) is 5.73 Å². The van der Waals surface area contributed by atoms with Crippen molar-refractivity contribution in [2.24, 2.45) is 0 Å². The standard InChI is InChI=1S/C18H19N5/c1-2-5-16-22-17-13(9-15(19)21-18(17)23-16)12-8-11-6-3-4-7-14(11)20-10-12/h3-4,6-9,20H,2,5,10H2,1H3,(H3,19,21,22,23). The van der Waals surface area contributed by atoms with Gasteiger partial charge >= 0.3 is 0 Å². The molecule has 0 aliphatic carbocycles. The minimum atomic E-state index is 0.502. The van der Waals surface area contributed by atoms with E-state index in [9.17, 15) is 0 Å². The first-order valence-corrected chi connectivity index (χ1v) is 7.93. The normalized spacial score (nSPS) is 13.5. The van der Waals surface area contributed by atoms with Crippen LogP contribution in [0, 0.1) is 0 Å². The number of aromatic amines is 1. The minimum absolute atomic E-state index is 0.502. The van der Waals surface area contributed by atoms with Crippen molar-refractivity contribution in [1.29, 1.82) is 0 Å². The van der Waals surface area contributed by atoms with Crippen molar-refractivity contribution >= 4 is 34.3 Å². The predicted molar refractivity (Wildman–Crippen MR) is 95.1 cm³/mol.